The van der Waals surface area contributed by atoms with E-state index in [1.807, 2.05) is 31.2 Å². The van der Waals surface area contributed by atoms with Gasteiger partial charge in [0.15, 0.2) is 0 Å². The lowest BCUT2D eigenvalue weighted by atomic mass is 10.1. The van der Waals surface area contributed by atoms with Gasteiger partial charge in [-0.15, -0.1) is 0 Å². The van der Waals surface area contributed by atoms with Crippen molar-refractivity contribution < 1.29 is 13.9 Å². The molecule has 1 N–H and O–H groups in total. The summed E-state index contributed by atoms with van der Waals surface area (Å²) in [4.78, 5) is 0. The monoisotopic (exact) mass is 242 g/mol. The van der Waals surface area contributed by atoms with Crippen LogP contribution in [0.5, 0.6) is 5.75 Å². The molecule has 0 aliphatic carbocycles. The highest BCUT2D eigenvalue weighted by Crippen LogP contribution is 2.34. The second kappa shape index (κ2) is 3.88. The third-order valence-corrected chi connectivity index (χ3v) is 2.97. The molecule has 3 rings (SSSR count). The van der Waals surface area contributed by atoms with Gasteiger partial charge in [-0.1, -0.05) is 18.2 Å². The Bertz CT molecular complexity index is 728. The Hall–Kier alpha value is -2.29. The predicted molar refractivity (Wildman–Crippen MR) is 68.0 cm³/mol. The predicted octanol–water partition coefficient (Wildman–Crippen LogP) is 4.25. The maximum Gasteiger partial charge on any atom is 0.139 e. The smallest absolute Gasteiger partial charge is 0.139 e. The fourth-order valence-electron chi connectivity index (χ4n) is 2.05. The minimum Gasteiger partial charge on any atom is -0.507 e. The van der Waals surface area contributed by atoms with Gasteiger partial charge in [0.05, 0.1) is 5.56 Å². The van der Waals surface area contributed by atoms with Crippen molar-refractivity contribution in [2.24, 2.45) is 0 Å². The molecule has 3 heteroatoms. The Morgan fingerprint density at radius 2 is 1.94 bits per heavy atom. The number of aromatic hydroxyl groups is 1. The molecule has 0 saturated heterocycles. The van der Waals surface area contributed by atoms with Crippen LogP contribution < -0.4 is 0 Å². The van der Waals surface area contributed by atoms with Crippen LogP contribution in [0.25, 0.3) is 22.3 Å². The standard InChI is InChI=1S/C15H11FO2/c1-9-3-2-4-10-7-14(18-15(9)10)12-6-5-11(16)8-13(12)17/h2-8,17H,1H3. The number of hydrogen-bond acceptors (Lipinski definition) is 2. The molecule has 2 aromatic carbocycles. The van der Waals surface area contributed by atoms with Gasteiger partial charge in [0, 0.05) is 11.5 Å². The van der Waals surface area contributed by atoms with Crippen LogP contribution in [0.15, 0.2) is 46.9 Å². The third kappa shape index (κ3) is 1.64. The van der Waals surface area contributed by atoms with E-state index < -0.39 is 5.82 Å². The van der Waals surface area contributed by atoms with E-state index in [-0.39, 0.29) is 5.75 Å². The van der Waals surface area contributed by atoms with Crippen molar-refractivity contribution in [1.29, 1.82) is 0 Å². The summed E-state index contributed by atoms with van der Waals surface area (Å²) < 4.78 is 18.7. The lowest BCUT2D eigenvalue weighted by Crippen LogP contribution is -1.78. The highest BCUT2D eigenvalue weighted by molar-refractivity contribution is 5.86. The molecule has 0 saturated carbocycles. The lowest BCUT2D eigenvalue weighted by Gasteiger charge is -2.00. The average Bonchev–Trinajstić information content (AvgIpc) is 2.74. The molecule has 0 aliphatic heterocycles. The van der Waals surface area contributed by atoms with Gasteiger partial charge in [0.2, 0.25) is 0 Å². The summed E-state index contributed by atoms with van der Waals surface area (Å²) in [6, 6.07) is 11.6. The van der Waals surface area contributed by atoms with E-state index in [0.29, 0.717) is 11.3 Å². The minimum absolute atomic E-state index is 0.119. The molecule has 0 aliphatic rings. The van der Waals surface area contributed by atoms with Gasteiger partial charge in [-0.25, -0.2) is 4.39 Å². The first-order chi connectivity index (χ1) is 8.65. The highest BCUT2D eigenvalue weighted by atomic mass is 19.1. The van der Waals surface area contributed by atoms with Gasteiger partial charge >= 0.3 is 0 Å². The van der Waals surface area contributed by atoms with Crippen LogP contribution in [0.3, 0.4) is 0 Å². The molecule has 0 unspecified atom stereocenters. The number of phenolic OH excluding ortho intramolecular Hbond substituents is 1. The summed E-state index contributed by atoms with van der Waals surface area (Å²) in [6.07, 6.45) is 0. The molecule has 0 radical (unpaired) electrons. The summed E-state index contributed by atoms with van der Waals surface area (Å²) in [7, 11) is 0. The van der Waals surface area contributed by atoms with Gasteiger partial charge in [0.1, 0.15) is 22.9 Å². The summed E-state index contributed by atoms with van der Waals surface area (Å²) in [5.41, 5.74) is 2.31. The molecule has 0 spiro atoms. The molecule has 2 nitrogen and oxygen atoms in total. The third-order valence-electron chi connectivity index (χ3n) is 2.97. The summed E-state index contributed by atoms with van der Waals surface area (Å²) in [5, 5.41) is 10.7. The zero-order valence-electron chi connectivity index (χ0n) is 9.77. The van der Waals surface area contributed by atoms with Gasteiger partial charge in [0.25, 0.3) is 0 Å². The van der Waals surface area contributed by atoms with Crippen LogP contribution in [0.2, 0.25) is 0 Å². The molecule has 0 atom stereocenters. The SMILES string of the molecule is Cc1cccc2cc(-c3ccc(F)cc3O)oc12. The molecular weight excluding hydrogens is 231 g/mol. The van der Waals surface area contributed by atoms with E-state index in [1.165, 1.54) is 12.1 Å². The van der Waals surface area contributed by atoms with Crippen LogP contribution in [0.1, 0.15) is 5.56 Å². The largest absolute Gasteiger partial charge is 0.507 e. The maximum atomic E-state index is 12.9. The molecule has 0 fully saturated rings. The number of hydrogen-bond donors (Lipinski definition) is 1. The van der Waals surface area contributed by atoms with Crippen LogP contribution >= 0.6 is 0 Å². The van der Waals surface area contributed by atoms with Crippen LogP contribution in [0, 0.1) is 12.7 Å². The quantitative estimate of drug-likeness (QED) is 0.691. The first-order valence-electron chi connectivity index (χ1n) is 5.63. The Labute approximate surface area is 103 Å². The number of para-hydroxylation sites is 1. The maximum absolute atomic E-state index is 12.9. The molecule has 0 bridgehead atoms. The topological polar surface area (TPSA) is 33.4 Å². The van der Waals surface area contributed by atoms with Crippen LogP contribution in [-0.2, 0) is 0 Å². The molecule has 18 heavy (non-hydrogen) atoms. The minimum atomic E-state index is -0.469. The number of furan rings is 1. The van der Waals surface area contributed by atoms with Crippen molar-refractivity contribution in [3.05, 3.63) is 53.8 Å². The van der Waals surface area contributed by atoms with Gasteiger partial charge < -0.3 is 9.52 Å². The second-order valence-electron chi connectivity index (χ2n) is 4.27. The lowest BCUT2D eigenvalue weighted by molar-refractivity contribution is 0.468. The second-order valence-corrected chi connectivity index (χ2v) is 4.27. The fraction of sp³-hybridized carbons (Fsp3) is 0.0667. The van der Waals surface area contributed by atoms with Crippen LogP contribution in [0.4, 0.5) is 4.39 Å². The Morgan fingerprint density at radius 3 is 2.67 bits per heavy atom. The van der Waals surface area contributed by atoms with Crippen molar-refractivity contribution in [1.82, 2.24) is 0 Å². The zero-order chi connectivity index (χ0) is 12.7. The van der Waals surface area contributed by atoms with Crippen molar-refractivity contribution in [3.8, 4) is 17.1 Å². The van der Waals surface area contributed by atoms with Crippen molar-refractivity contribution in [2.45, 2.75) is 6.92 Å². The molecule has 1 heterocycles. The Morgan fingerprint density at radius 1 is 1.11 bits per heavy atom. The number of rotatable bonds is 1. The van der Waals surface area contributed by atoms with Crippen molar-refractivity contribution in [2.75, 3.05) is 0 Å². The number of fused-ring (bicyclic) bond motifs is 1. The summed E-state index contributed by atoms with van der Waals surface area (Å²) in [6.45, 7) is 1.96. The van der Waals surface area contributed by atoms with Crippen molar-refractivity contribution >= 4 is 11.0 Å². The van der Waals surface area contributed by atoms with E-state index in [4.69, 9.17) is 4.42 Å². The normalized spacial score (nSPS) is 11.0. The first kappa shape index (κ1) is 10.8. The van der Waals surface area contributed by atoms with Crippen molar-refractivity contribution in [3.63, 3.8) is 0 Å². The van der Waals surface area contributed by atoms with Gasteiger partial charge in [-0.2, -0.15) is 0 Å². The van der Waals surface area contributed by atoms with E-state index in [1.54, 1.807) is 0 Å². The number of aryl methyl sites for hydroxylation is 1. The summed E-state index contributed by atoms with van der Waals surface area (Å²) >= 11 is 0. The molecule has 90 valence electrons. The number of phenols is 1. The molecule has 0 amide bonds. The molecule has 1 aromatic heterocycles. The molecule has 3 aromatic rings. The first-order valence-corrected chi connectivity index (χ1v) is 5.63. The van der Waals surface area contributed by atoms with Gasteiger partial charge in [-0.3, -0.25) is 0 Å². The molecular formula is C15H11FO2. The zero-order valence-corrected chi connectivity index (χ0v) is 9.77. The van der Waals surface area contributed by atoms with Gasteiger partial charge in [-0.05, 0) is 30.7 Å². The fourth-order valence-corrected chi connectivity index (χ4v) is 2.05. The number of benzene rings is 2. The average molecular weight is 242 g/mol. The van der Waals surface area contributed by atoms with E-state index >= 15 is 0 Å². The van der Waals surface area contributed by atoms with E-state index in [2.05, 4.69) is 0 Å². The highest BCUT2D eigenvalue weighted by Gasteiger charge is 2.11. The van der Waals surface area contributed by atoms with E-state index in [9.17, 15) is 9.50 Å². The Kier molecular flexibility index (Phi) is 2.33. The van der Waals surface area contributed by atoms with E-state index in [0.717, 1.165) is 22.6 Å². The summed E-state index contributed by atoms with van der Waals surface area (Å²) in [5.74, 6) is -0.0490. The van der Waals surface area contributed by atoms with Crippen LogP contribution in [-0.4, -0.2) is 5.11 Å². The Balaban J connectivity index is 2.23. The number of halogens is 1.